The van der Waals surface area contributed by atoms with Gasteiger partial charge in [0.1, 0.15) is 31.7 Å². The van der Waals surface area contributed by atoms with Crippen molar-refractivity contribution < 1.29 is 56.6 Å². The molecule has 0 fully saturated rings. The first-order valence-corrected chi connectivity index (χ1v) is 19.7. The predicted octanol–water partition coefficient (Wildman–Crippen LogP) is 4.87. The number of aromatic hydroxyl groups is 1. The molecule has 0 saturated heterocycles. The number of sulfone groups is 1. The fourth-order valence-corrected chi connectivity index (χ4v) is 7.51. The number of nitrogen functional groups attached to an aromatic ring is 1. The number of anilines is 1. The van der Waals surface area contributed by atoms with E-state index in [4.69, 9.17) is 5.73 Å². The van der Waals surface area contributed by atoms with Crippen LogP contribution < -0.4 is 5.73 Å². The Bertz CT molecular complexity index is 2600. The zero-order valence-corrected chi connectivity index (χ0v) is 28.2. The Balaban J connectivity index is 1.99. The lowest BCUT2D eigenvalue weighted by atomic mass is 10.1. The van der Waals surface area contributed by atoms with Crippen molar-refractivity contribution in [2.75, 3.05) is 5.73 Å². The van der Waals surface area contributed by atoms with Crippen LogP contribution in [0.2, 0.25) is 0 Å². The quantitative estimate of drug-likeness (QED) is 0.0772. The first kappa shape index (κ1) is 37.1. The molecule has 0 aliphatic heterocycles. The van der Waals surface area contributed by atoms with E-state index in [1.54, 1.807) is 0 Å². The van der Waals surface area contributed by atoms with Crippen LogP contribution in [-0.4, -0.2) is 56.6 Å². The second kappa shape index (κ2) is 13.3. The molecule has 6 N–H and O–H groups in total. The number of nitrogens with zero attached hydrogens (tertiary/aromatic N) is 4. The van der Waals surface area contributed by atoms with Gasteiger partial charge in [-0.2, -0.15) is 30.4 Å². The lowest BCUT2D eigenvalue weighted by molar-refractivity contribution is 0.472. The Morgan fingerprint density at radius 3 is 1.73 bits per heavy atom. The lowest BCUT2D eigenvalue weighted by Gasteiger charge is -2.14. The first-order valence-electron chi connectivity index (χ1n) is 12.6. The number of hydrogen-bond acceptors (Lipinski definition) is 15. The molecule has 0 spiro atoms. The number of phenolic OH excluding ortho intramolecular Hbond substituents is 1. The highest BCUT2D eigenvalue weighted by molar-refractivity contribution is 7.94. The highest BCUT2D eigenvalue weighted by Gasteiger charge is 2.28. The molecule has 258 valence electrons. The molecule has 0 amide bonds. The van der Waals surface area contributed by atoms with E-state index in [1.165, 1.54) is 12.1 Å². The normalized spacial score (nSPS) is 13.6. The molecular weight excluding hydrogens is 751 g/mol. The van der Waals surface area contributed by atoms with Gasteiger partial charge in [-0.3, -0.25) is 13.7 Å². The molecule has 0 heterocycles. The van der Waals surface area contributed by atoms with Crippen molar-refractivity contribution in [2.45, 2.75) is 24.5 Å². The highest BCUT2D eigenvalue weighted by Crippen LogP contribution is 2.48. The minimum Gasteiger partial charge on any atom is -0.505 e. The van der Waals surface area contributed by atoms with Gasteiger partial charge in [-0.1, -0.05) is 13.2 Å². The summed E-state index contributed by atoms with van der Waals surface area (Å²) in [6.45, 7) is 6.52. The third kappa shape index (κ3) is 7.78. The molecule has 49 heavy (non-hydrogen) atoms. The molecule has 0 bridgehead atoms. The average Bonchev–Trinajstić information content (AvgIpc) is 3.01. The molecule has 4 aromatic carbocycles. The number of nitrogens with two attached hydrogens (primary N) is 1. The van der Waals surface area contributed by atoms with Crippen LogP contribution in [0.15, 0.2) is 124 Å². The Morgan fingerprint density at radius 2 is 1.22 bits per heavy atom. The first-order chi connectivity index (χ1) is 22.6. The molecular formula is C26H21N5O13S5. The van der Waals surface area contributed by atoms with E-state index in [0.717, 1.165) is 35.7 Å². The van der Waals surface area contributed by atoms with Crippen LogP contribution in [0.1, 0.15) is 0 Å². The molecule has 23 heteroatoms. The van der Waals surface area contributed by atoms with E-state index in [2.05, 4.69) is 33.6 Å². The monoisotopic (exact) mass is 771 g/mol. The largest absolute Gasteiger partial charge is 0.505 e. The zero-order valence-electron chi connectivity index (χ0n) is 24.1. The van der Waals surface area contributed by atoms with Crippen LogP contribution in [-0.2, 0) is 51.0 Å². The van der Waals surface area contributed by atoms with Crippen LogP contribution in [0.25, 0.3) is 10.8 Å². The van der Waals surface area contributed by atoms with Crippen LogP contribution in [0.4, 0.5) is 28.4 Å². The van der Waals surface area contributed by atoms with Gasteiger partial charge >= 0.3 is 0 Å². The summed E-state index contributed by atoms with van der Waals surface area (Å²) in [5.74, 6) is -1.17. The molecule has 0 aliphatic carbocycles. The van der Waals surface area contributed by atoms with Crippen molar-refractivity contribution in [1.82, 2.24) is 0 Å². The molecule has 0 saturated carbocycles. The molecule has 4 rings (SSSR count). The van der Waals surface area contributed by atoms with Gasteiger partial charge in [0.2, 0.25) is 0 Å². The van der Waals surface area contributed by atoms with Crippen molar-refractivity contribution in [1.29, 1.82) is 0 Å². The van der Waals surface area contributed by atoms with E-state index in [9.17, 15) is 56.6 Å². The standard InChI is InChI=1S/C26H21N5O13S5/c1-3-45(33)16-7-10-18(19(13-16)47(36,37)38)29-31-25-21(49(42,43)44)12-14-11-20(48(39,40)41)24(23(27)22(14)26(25)32)30-28-15-5-8-17(9-6-15)46(34,35)4-2/h3-13,32H,1-2,27H2,(H,36,37,38)(H,39,40,41)(H,42,43,44). The molecule has 0 aromatic heterocycles. The molecule has 1 unspecified atom stereocenters. The van der Waals surface area contributed by atoms with Gasteiger partial charge in [-0.25, -0.2) is 12.6 Å². The Labute approximate surface area is 280 Å². The Hall–Kier alpha value is -4.75. The predicted molar refractivity (Wildman–Crippen MR) is 175 cm³/mol. The zero-order chi connectivity index (χ0) is 36.7. The van der Waals surface area contributed by atoms with Crippen LogP contribution in [0, 0.1) is 0 Å². The number of hydrogen-bond donors (Lipinski definition) is 5. The number of azo groups is 2. The van der Waals surface area contributed by atoms with Crippen LogP contribution in [0.3, 0.4) is 0 Å². The number of fused-ring (bicyclic) bond motifs is 1. The summed E-state index contributed by atoms with van der Waals surface area (Å²) in [5.41, 5.74) is 2.89. The van der Waals surface area contributed by atoms with Gasteiger partial charge in [0.05, 0.1) is 32.5 Å². The molecule has 0 radical (unpaired) electrons. The Morgan fingerprint density at radius 1 is 0.694 bits per heavy atom. The highest BCUT2D eigenvalue weighted by atomic mass is 32.2. The molecule has 0 aliphatic rings. The summed E-state index contributed by atoms with van der Waals surface area (Å²) in [6.07, 6.45) is 0. The van der Waals surface area contributed by atoms with E-state index >= 15 is 0 Å². The molecule has 18 nitrogen and oxygen atoms in total. The van der Waals surface area contributed by atoms with Crippen molar-refractivity contribution in [2.24, 2.45) is 20.5 Å². The summed E-state index contributed by atoms with van der Waals surface area (Å²) >= 11 is 0. The average molecular weight is 772 g/mol. The van der Waals surface area contributed by atoms with Gasteiger partial charge in [0.25, 0.3) is 30.4 Å². The van der Waals surface area contributed by atoms with E-state index < -0.39 is 105 Å². The number of benzene rings is 4. The van der Waals surface area contributed by atoms with E-state index in [0.29, 0.717) is 17.5 Å². The Kier molecular flexibility index (Phi) is 10.0. The third-order valence-electron chi connectivity index (χ3n) is 6.37. The lowest BCUT2D eigenvalue weighted by Crippen LogP contribution is -2.04. The third-order valence-corrected chi connectivity index (χ3v) is 11.4. The summed E-state index contributed by atoms with van der Waals surface area (Å²) in [4.78, 5) is -3.44. The molecule has 1 atom stereocenters. The molecule has 4 aromatic rings. The number of rotatable bonds is 11. The number of phenols is 1. The van der Waals surface area contributed by atoms with E-state index in [-0.39, 0.29) is 15.5 Å². The fraction of sp³-hybridized carbons (Fsp3) is 0. The minimum atomic E-state index is -5.32. The van der Waals surface area contributed by atoms with Crippen molar-refractivity contribution in [3.8, 4) is 5.75 Å². The van der Waals surface area contributed by atoms with Gasteiger partial charge in [-0.05, 0) is 60.0 Å². The maximum Gasteiger partial charge on any atom is 0.296 e. The maximum absolute atomic E-state index is 12.3. The van der Waals surface area contributed by atoms with Gasteiger partial charge in [0.15, 0.2) is 15.6 Å². The van der Waals surface area contributed by atoms with Crippen molar-refractivity contribution in [3.05, 3.63) is 78.6 Å². The second-order valence-corrected chi connectivity index (χ2v) is 16.9. The van der Waals surface area contributed by atoms with Gasteiger partial charge in [0, 0.05) is 15.7 Å². The van der Waals surface area contributed by atoms with Gasteiger partial charge < -0.3 is 10.8 Å². The van der Waals surface area contributed by atoms with E-state index in [1.807, 2.05) is 0 Å². The summed E-state index contributed by atoms with van der Waals surface area (Å²) in [6, 6.07) is 8.69. The van der Waals surface area contributed by atoms with Gasteiger partial charge in [-0.15, -0.1) is 15.3 Å². The van der Waals surface area contributed by atoms with Crippen molar-refractivity contribution >= 4 is 90.2 Å². The SMILES string of the molecule is C=CS(=O)c1ccc(N=Nc2c(S(=O)(=O)O)cc3cc(S(=O)(=O)O)c(N=Nc4ccc(S(=O)(=O)C=C)cc4)c(N)c3c2O)c(S(=O)(=O)O)c1. The fourth-order valence-electron chi connectivity index (χ4n) is 4.12. The minimum absolute atomic E-state index is 0.0400. The smallest absolute Gasteiger partial charge is 0.296 e. The van der Waals surface area contributed by atoms with Crippen molar-refractivity contribution in [3.63, 3.8) is 0 Å². The summed E-state index contributed by atoms with van der Waals surface area (Å²) < 4.78 is 139. The summed E-state index contributed by atoms with van der Waals surface area (Å²) in [7, 11) is -21.3. The van der Waals surface area contributed by atoms with Crippen LogP contribution >= 0.6 is 0 Å². The van der Waals surface area contributed by atoms with Crippen LogP contribution in [0.5, 0.6) is 5.75 Å². The summed E-state index contributed by atoms with van der Waals surface area (Å²) in [5, 5.41) is 26.5. The second-order valence-electron chi connectivity index (χ2n) is 9.43. The topological polar surface area (TPSA) is 310 Å². The maximum atomic E-state index is 12.3.